The number of amides is 1. The summed E-state index contributed by atoms with van der Waals surface area (Å²) in [6.45, 7) is 11.9. The van der Waals surface area contributed by atoms with Crippen LogP contribution in [0.5, 0.6) is 0 Å². The van der Waals surface area contributed by atoms with E-state index < -0.39 is 0 Å². The van der Waals surface area contributed by atoms with E-state index in [-0.39, 0.29) is 23.7 Å². The number of nitrogens with one attached hydrogen (secondary N) is 1. The molecule has 194 valence electrons. The van der Waals surface area contributed by atoms with Gasteiger partial charge in [0.1, 0.15) is 5.58 Å². The van der Waals surface area contributed by atoms with Crippen LogP contribution in [0.3, 0.4) is 0 Å². The van der Waals surface area contributed by atoms with E-state index >= 15 is 0 Å². The van der Waals surface area contributed by atoms with Crippen molar-refractivity contribution in [3.8, 4) is 0 Å². The van der Waals surface area contributed by atoms with E-state index in [1.807, 2.05) is 66.3 Å². The van der Waals surface area contributed by atoms with Gasteiger partial charge in [-0.3, -0.25) is 10.2 Å². The first kappa shape index (κ1) is 27.4. The number of aliphatic imine (C=N–C) groups is 1. The molecule has 1 N–H and O–H groups in total. The van der Waals surface area contributed by atoms with Crippen LogP contribution in [0.15, 0.2) is 64.2 Å². The Morgan fingerprint density at radius 2 is 2.11 bits per heavy atom. The zero-order valence-corrected chi connectivity index (χ0v) is 24.3. The number of carbonyl (C=O) groups excluding carboxylic acids is 1. The minimum absolute atomic E-state index is 0.0613. The standard InChI is InChI=1S/C29H32ClIN4O2/c1-5-21(13-22-7-6-8-23(30)14-22)16-33-28(32)20(4)34-11-12-35(18(2)17-34)29(36)27-19(3)25-15-24(31)9-10-26(25)37-27/h6-10,14-16,18,21,32H,4-5,11-13,17H2,1-3H3/b32-28?,33-16-. The van der Waals surface area contributed by atoms with Crippen molar-refractivity contribution in [1.29, 1.82) is 5.41 Å². The Morgan fingerprint density at radius 1 is 1.32 bits per heavy atom. The van der Waals surface area contributed by atoms with E-state index in [2.05, 4.69) is 47.2 Å². The highest BCUT2D eigenvalue weighted by Gasteiger charge is 2.32. The van der Waals surface area contributed by atoms with Gasteiger partial charge in [-0.25, -0.2) is 4.99 Å². The third-order valence-electron chi connectivity index (χ3n) is 6.96. The minimum Gasteiger partial charge on any atom is -0.451 e. The Balaban J connectivity index is 1.37. The summed E-state index contributed by atoms with van der Waals surface area (Å²) >= 11 is 8.39. The summed E-state index contributed by atoms with van der Waals surface area (Å²) in [5.41, 5.74) is 3.33. The maximum Gasteiger partial charge on any atom is 0.290 e. The number of rotatable bonds is 7. The van der Waals surface area contributed by atoms with Crippen LogP contribution in [-0.2, 0) is 6.42 Å². The van der Waals surface area contributed by atoms with Crippen LogP contribution in [0.2, 0.25) is 5.02 Å². The highest BCUT2D eigenvalue weighted by atomic mass is 127. The molecule has 0 aliphatic carbocycles. The number of aryl methyl sites for hydroxylation is 1. The molecular weight excluding hydrogens is 599 g/mol. The Kier molecular flexibility index (Phi) is 8.75. The van der Waals surface area contributed by atoms with Gasteiger partial charge >= 0.3 is 0 Å². The lowest BCUT2D eigenvalue weighted by Crippen LogP contribution is -2.54. The number of hydrogen-bond donors (Lipinski definition) is 1. The van der Waals surface area contributed by atoms with Gasteiger partial charge in [0, 0.05) is 51.4 Å². The fourth-order valence-corrected chi connectivity index (χ4v) is 5.41. The van der Waals surface area contributed by atoms with Gasteiger partial charge in [-0.15, -0.1) is 0 Å². The largest absolute Gasteiger partial charge is 0.451 e. The number of nitrogens with zero attached hydrogens (tertiary/aromatic N) is 3. The summed E-state index contributed by atoms with van der Waals surface area (Å²) in [6.07, 6.45) is 3.58. The molecule has 4 rings (SSSR count). The Morgan fingerprint density at radius 3 is 2.81 bits per heavy atom. The molecule has 0 bridgehead atoms. The molecule has 1 fully saturated rings. The number of furan rings is 1. The van der Waals surface area contributed by atoms with Crippen molar-refractivity contribution >= 4 is 63.1 Å². The second kappa shape index (κ2) is 11.8. The van der Waals surface area contributed by atoms with E-state index in [0.717, 1.165) is 43.5 Å². The molecule has 2 atom stereocenters. The second-order valence-electron chi connectivity index (χ2n) is 9.57. The summed E-state index contributed by atoms with van der Waals surface area (Å²) in [4.78, 5) is 21.7. The molecule has 2 heterocycles. The van der Waals surface area contributed by atoms with Crippen molar-refractivity contribution in [1.82, 2.24) is 9.80 Å². The third kappa shape index (κ3) is 6.26. The molecule has 0 spiro atoms. The molecule has 1 amide bonds. The first-order valence-corrected chi connectivity index (χ1v) is 13.9. The number of hydrogen-bond acceptors (Lipinski definition) is 4. The number of amidine groups is 1. The van der Waals surface area contributed by atoms with Crippen molar-refractivity contribution in [2.24, 2.45) is 10.9 Å². The molecule has 2 unspecified atom stereocenters. The number of halogens is 2. The van der Waals surface area contributed by atoms with Gasteiger partial charge in [-0.1, -0.05) is 37.2 Å². The molecule has 6 nitrogen and oxygen atoms in total. The van der Waals surface area contributed by atoms with E-state index in [1.54, 1.807) is 0 Å². The fraction of sp³-hybridized carbons (Fsp3) is 0.345. The molecular formula is C29H32ClIN4O2. The van der Waals surface area contributed by atoms with Crippen LogP contribution in [0.25, 0.3) is 11.0 Å². The van der Waals surface area contributed by atoms with Crippen molar-refractivity contribution in [3.63, 3.8) is 0 Å². The van der Waals surface area contributed by atoms with E-state index in [4.69, 9.17) is 21.4 Å². The molecule has 1 aromatic heterocycles. The van der Waals surface area contributed by atoms with Crippen LogP contribution in [0, 0.1) is 21.8 Å². The molecule has 37 heavy (non-hydrogen) atoms. The predicted molar refractivity (Wildman–Crippen MR) is 160 cm³/mol. The Bertz CT molecular complexity index is 1370. The van der Waals surface area contributed by atoms with Crippen LogP contribution < -0.4 is 0 Å². The number of carbonyl (C=O) groups is 1. The molecule has 2 aromatic carbocycles. The van der Waals surface area contributed by atoms with E-state index in [9.17, 15) is 4.79 Å². The molecule has 8 heteroatoms. The zero-order chi connectivity index (χ0) is 26.7. The molecule has 1 aliphatic rings. The molecule has 1 aliphatic heterocycles. The van der Waals surface area contributed by atoms with Crippen molar-refractivity contribution in [3.05, 3.63) is 80.2 Å². The molecule has 3 aromatic rings. The number of piperazine rings is 1. The summed E-state index contributed by atoms with van der Waals surface area (Å²) in [5, 5.41) is 10.2. The quantitative estimate of drug-likeness (QED) is 0.174. The van der Waals surface area contributed by atoms with Crippen molar-refractivity contribution in [2.75, 3.05) is 19.6 Å². The Hall–Kier alpha value is -2.65. The predicted octanol–water partition coefficient (Wildman–Crippen LogP) is 6.98. The summed E-state index contributed by atoms with van der Waals surface area (Å²) in [7, 11) is 0. The average Bonchev–Trinajstić information content (AvgIpc) is 3.21. The summed E-state index contributed by atoms with van der Waals surface area (Å²) < 4.78 is 7.06. The van der Waals surface area contributed by atoms with E-state index in [0.29, 0.717) is 31.1 Å². The van der Waals surface area contributed by atoms with Gasteiger partial charge in [-0.05, 0) is 91.1 Å². The number of fused-ring (bicyclic) bond motifs is 1. The zero-order valence-electron chi connectivity index (χ0n) is 21.4. The SMILES string of the molecule is C=C(C(=N)/N=C\C(CC)Cc1cccc(Cl)c1)N1CCN(C(=O)c2oc3ccc(I)cc3c2C)C(C)C1. The average molecular weight is 631 g/mol. The molecule has 0 saturated carbocycles. The van der Waals surface area contributed by atoms with Gasteiger partial charge < -0.3 is 14.2 Å². The van der Waals surface area contributed by atoms with Gasteiger partial charge in [0.2, 0.25) is 0 Å². The fourth-order valence-electron chi connectivity index (χ4n) is 4.71. The third-order valence-corrected chi connectivity index (χ3v) is 7.87. The van der Waals surface area contributed by atoms with Crippen LogP contribution in [0.4, 0.5) is 0 Å². The smallest absolute Gasteiger partial charge is 0.290 e. The maximum atomic E-state index is 13.4. The van der Waals surface area contributed by atoms with Gasteiger partial charge in [0.05, 0.1) is 5.70 Å². The Labute approximate surface area is 237 Å². The van der Waals surface area contributed by atoms with Gasteiger partial charge in [0.15, 0.2) is 11.6 Å². The monoisotopic (exact) mass is 630 g/mol. The summed E-state index contributed by atoms with van der Waals surface area (Å²) in [5.74, 6) is 0.662. The topological polar surface area (TPSA) is 72.9 Å². The highest BCUT2D eigenvalue weighted by Crippen LogP contribution is 2.29. The lowest BCUT2D eigenvalue weighted by Gasteiger charge is -2.41. The van der Waals surface area contributed by atoms with Crippen LogP contribution >= 0.6 is 34.2 Å². The van der Waals surface area contributed by atoms with Crippen LogP contribution in [-0.4, -0.2) is 53.4 Å². The lowest BCUT2D eigenvalue weighted by molar-refractivity contribution is 0.0522. The highest BCUT2D eigenvalue weighted by molar-refractivity contribution is 14.1. The van der Waals surface area contributed by atoms with Crippen LogP contribution in [0.1, 0.15) is 41.9 Å². The second-order valence-corrected chi connectivity index (χ2v) is 11.2. The lowest BCUT2D eigenvalue weighted by atomic mass is 9.98. The van der Waals surface area contributed by atoms with Crippen molar-refractivity contribution < 1.29 is 9.21 Å². The van der Waals surface area contributed by atoms with Crippen molar-refractivity contribution in [2.45, 2.75) is 39.7 Å². The number of benzene rings is 2. The van der Waals surface area contributed by atoms with E-state index in [1.165, 1.54) is 0 Å². The summed E-state index contributed by atoms with van der Waals surface area (Å²) in [6, 6.07) is 13.7. The normalized spacial score (nSPS) is 16.9. The first-order chi connectivity index (χ1) is 17.7. The van der Waals surface area contributed by atoms with Gasteiger partial charge in [0.25, 0.3) is 5.91 Å². The molecule has 0 radical (unpaired) electrons. The first-order valence-electron chi connectivity index (χ1n) is 12.5. The maximum absolute atomic E-state index is 13.4. The minimum atomic E-state index is -0.0960. The van der Waals surface area contributed by atoms with Gasteiger partial charge in [-0.2, -0.15) is 0 Å². The molecule has 1 saturated heterocycles.